The summed E-state index contributed by atoms with van der Waals surface area (Å²) < 4.78 is 5.56. The van der Waals surface area contributed by atoms with Crippen molar-refractivity contribution in [3.63, 3.8) is 0 Å². The SMILES string of the molecule is CC[C@H](C)[C@@H](NC(=O)[C@H]1Cc2ccccc2O1)C(=O)O. The van der Waals surface area contributed by atoms with Gasteiger partial charge in [-0.2, -0.15) is 0 Å². The summed E-state index contributed by atoms with van der Waals surface area (Å²) in [6.07, 6.45) is 0.524. The van der Waals surface area contributed by atoms with Gasteiger partial charge in [0.2, 0.25) is 0 Å². The van der Waals surface area contributed by atoms with Crippen molar-refractivity contribution in [2.24, 2.45) is 5.92 Å². The number of hydrogen-bond donors (Lipinski definition) is 2. The molecule has 1 aromatic rings. The van der Waals surface area contributed by atoms with Crippen LogP contribution in [0.3, 0.4) is 0 Å². The fraction of sp³-hybridized carbons (Fsp3) is 0.467. The van der Waals surface area contributed by atoms with E-state index in [0.717, 1.165) is 5.56 Å². The van der Waals surface area contributed by atoms with E-state index in [-0.39, 0.29) is 11.8 Å². The van der Waals surface area contributed by atoms with Crippen LogP contribution in [0.5, 0.6) is 5.75 Å². The summed E-state index contributed by atoms with van der Waals surface area (Å²) in [6.45, 7) is 3.71. The van der Waals surface area contributed by atoms with Gasteiger partial charge in [-0.25, -0.2) is 4.79 Å². The molecule has 0 aromatic heterocycles. The summed E-state index contributed by atoms with van der Waals surface area (Å²) in [4.78, 5) is 23.4. The lowest BCUT2D eigenvalue weighted by Gasteiger charge is -2.21. The molecule has 108 valence electrons. The zero-order chi connectivity index (χ0) is 14.7. The molecule has 0 saturated heterocycles. The molecule has 1 aromatic carbocycles. The summed E-state index contributed by atoms with van der Waals surface area (Å²) in [5, 5.41) is 11.8. The molecule has 0 aliphatic carbocycles. The van der Waals surface area contributed by atoms with Crippen LogP contribution in [0.25, 0.3) is 0 Å². The number of carbonyl (C=O) groups excluding carboxylic acids is 1. The third-order valence-corrected chi connectivity index (χ3v) is 3.72. The van der Waals surface area contributed by atoms with E-state index in [2.05, 4.69) is 5.32 Å². The third-order valence-electron chi connectivity index (χ3n) is 3.72. The van der Waals surface area contributed by atoms with E-state index in [1.807, 2.05) is 38.1 Å². The number of amides is 1. The van der Waals surface area contributed by atoms with Crippen molar-refractivity contribution in [3.05, 3.63) is 29.8 Å². The minimum absolute atomic E-state index is 0.125. The van der Waals surface area contributed by atoms with E-state index in [1.54, 1.807) is 0 Å². The third kappa shape index (κ3) is 2.92. The Morgan fingerprint density at radius 2 is 2.15 bits per heavy atom. The zero-order valence-electron chi connectivity index (χ0n) is 11.6. The highest BCUT2D eigenvalue weighted by Gasteiger charge is 2.33. The van der Waals surface area contributed by atoms with Crippen molar-refractivity contribution >= 4 is 11.9 Å². The molecule has 2 N–H and O–H groups in total. The Balaban J connectivity index is 2.01. The molecule has 3 atom stereocenters. The standard InChI is InChI=1S/C15H19NO4/c1-3-9(2)13(15(18)19)16-14(17)12-8-10-6-4-5-7-11(10)20-12/h4-7,9,12-13H,3,8H2,1-2H3,(H,16,17)(H,18,19)/t9-,12+,13+/m0/s1. The molecule has 5 heteroatoms. The number of carboxylic acid groups (broad SMARTS) is 1. The Bertz CT molecular complexity index is 489. The van der Waals surface area contributed by atoms with E-state index in [4.69, 9.17) is 4.74 Å². The predicted octanol–water partition coefficient (Wildman–Crippen LogP) is 1.61. The molecule has 1 aliphatic rings. The van der Waals surface area contributed by atoms with Gasteiger partial charge in [-0.15, -0.1) is 0 Å². The quantitative estimate of drug-likeness (QED) is 0.857. The van der Waals surface area contributed by atoms with E-state index in [9.17, 15) is 14.7 Å². The zero-order valence-corrected chi connectivity index (χ0v) is 11.6. The van der Waals surface area contributed by atoms with Crippen molar-refractivity contribution < 1.29 is 19.4 Å². The van der Waals surface area contributed by atoms with Crippen LogP contribution in [0.1, 0.15) is 25.8 Å². The number of carbonyl (C=O) groups is 2. The van der Waals surface area contributed by atoms with Gasteiger partial charge < -0.3 is 15.2 Å². The topological polar surface area (TPSA) is 75.6 Å². The number of rotatable bonds is 5. The highest BCUT2D eigenvalue weighted by Crippen LogP contribution is 2.28. The number of carboxylic acids is 1. The fourth-order valence-corrected chi connectivity index (χ4v) is 2.26. The summed E-state index contributed by atoms with van der Waals surface area (Å²) >= 11 is 0. The van der Waals surface area contributed by atoms with Crippen LogP contribution in [0.15, 0.2) is 24.3 Å². The van der Waals surface area contributed by atoms with Gasteiger partial charge in [-0.05, 0) is 17.5 Å². The van der Waals surface area contributed by atoms with Crippen molar-refractivity contribution in [1.29, 1.82) is 0 Å². The number of ether oxygens (including phenoxy) is 1. The largest absolute Gasteiger partial charge is 0.480 e. The van der Waals surface area contributed by atoms with Gasteiger partial charge in [0.25, 0.3) is 5.91 Å². The molecule has 0 spiro atoms. The second-order valence-corrected chi connectivity index (χ2v) is 5.13. The first-order valence-electron chi connectivity index (χ1n) is 6.80. The van der Waals surface area contributed by atoms with E-state index >= 15 is 0 Å². The maximum atomic E-state index is 12.1. The molecule has 0 radical (unpaired) electrons. The van der Waals surface area contributed by atoms with Crippen LogP contribution in [-0.4, -0.2) is 29.1 Å². The van der Waals surface area contributed by atoms with Crippen LogP contribution in [0.4, 0.5) is 0 Å². The summed E-state index contributed by atoms with van der Waals surface area (Å²) in [5.41, 5.74) is 0.975. The molecular formula is C15H19NO4. The average molecular weight is 277 g/mol. The van der Waals surface area contributed by atoms with Crippen LogP contribution in [0, 0.1) is 5.92 Å². The minimum Gasteiger partial charge on any atom is -0.480 e. The maximum absolute atomic E-state index is 12.1. The molecule has 1 aliphatic heterocycles. The molecule has 0 saturated carbocycles. The van der Waals surface area contributed by atoms with Gasteiger partial charge in [-0.3, -0.25) is 4.79 Å². The van der Waals surface area contributed by atoms with Gasteiger partial charge >= 0.3 is 5.97 Å². The van der Waals surface area contributed by atoms with Crippen LogP contribution in [0.2, 0.25) is 0 Å². The van der Waals surface area contributed by atoms with Crippen molar-refractivity contribution in [2.45, 2.75) is 38.8 Å². The number of fused-ring (bicyclic) bond motifs is 1. The van der Waals surface area contributed by atoms with Gasteiger partial charge in [-0.1, -0.05) is 38.5 Å². The number of hydrogen-bond acceptors (Lipinski definition) is 3. The summed E-state index contributed by atoms with van der Waals surface area (Å²) in [5.74, 6) is -0.805. The van der Waals surface area contributed by atoms with Gasteiger partial charge in [0.15, 0.2) is 6.10 Å². The molecule has 0 unspecified atom stereocenters. The van der Waals surface area contributed by atoms with Crippen molar-refractivity contribution in [1.82, 2.24) is 5.32 Å². The molecule has 0 fully saturated rings. The molecule has 5 nitrogen and oxygen atoms in total. The molecule has 2 rings (SSSR count). The molecule has 1 heterocycles. The number of aliphatic carboxylic acids is 1. The normalized spacial score (nSPS) is 19.6. The highest BCUT2D eigenvalue weighted by molar-refractivity contribution is 5.87. The van der Waals surface area contributed by atoms with E-state index < -0.39 is 18.1 Å². The second kappa shape index (κ2) is 5.94. The van der Waals surface area contributed by atoms with Gasteiger partial charge in [0.05, 0.1) is 0 Å². The Morgan fingerprint density at radius 3 is 2.75 bits per heavy atom. The van der Waals surface area contributed by atoms with Crippen molar-refractivity contribution in [2.75, 3.05) is 0 Å². The van der Waals surface area contributed by atoms with Crippen LogP contribution >= 0.6 is 0 Å². The lowest BCUT2D eigenvalue weighted by Crippen LogP contribution is -2.49. The number of benzene rings is 1. The summed E-state index contributed by atoms with van der Waals surface area (Å²) in [7, 11) is 0. The first-order chi connectivity index (χ1) is 9.52. The summed E-state index contributed by atoms with van der Waals surface area (Å²) in [6, 6.07) is 6.58. The van der Waals surface area contributed by atoms with Crippen LogP contribution < -0.4 is 10.1 Å². The highest BCUT2D eigenvalue weighted by atomic mass is 16.5. The van der Waals surface area contributed by atoms with Crippen molar-refractivity contribution in [3.8, 4) is 5.75 Å². The number of para-hydroxylation sites is 1. The number of nitrogens with one attached hydrogen (secondary N) is 1. The maximum Gasteiger partial charge on any atom is 0.326 e. The van der Waals surface area contributed by atoms with Gasteiger partial charge in [0.1, 0.15) is 11.8 Å². The average Bonchev–Trinajstić information content (AvgIpc) is 2.87. The first-order valence-corrected chi connectivity index (χ1v) is 6.80. The predicted molar refractivity (Wildman–Crippen MR) is 73.6 cm³/mol. The van der Waals surface area contributed by atoms with E-state index in [1.165, 1.54) is 0 Å². The minimum atomic E-state index is -1.01. The Kier molecular flexibility index (Phi) is 4.27. The monoisotopic (exact) mass is 277 g/mol. The smallest absolute Gasteiger partial charge is 0.326 e. The lowest BCUT2D eigenvalue weighted by atomic mass is 9.99. The molecule has 0 bridgehead atoms. The lowest BCUT2D eigenvalue weighted by molar-refractivity contribution is -0.144. The second-order valence-electron chi connectivity index (χ2n) is 5.13. The molecular weight excluding hydrogens is 258 g/mol. The van der Waals surface area contributed by atoms with Gasteiger partial charge in [0, 0.05) is 6.42 Å². The van der Waals surface area contributed by atoms with E-state index in [0.29, 0.717) is 18.6 Å². The Labute approximate surface area is 117 Å². The molecule has 1 amide bonds. The molecule has 20 heavy (non-hydrogen) atoms. The Hall–Kier alpha value is -2.04. The first kappa shape index (κ1) is 14.4. The Morgan fingerprint density at radius 1 is 1.45 bits per heavy atom. The fourth-order valence-electron chi connectivity index (χ4n) is 2.26. The van der Waals surface area contributed by atoms with Crippen LogP contribution in [-0.2, 0) is 16.0 Å².